The van der Waals surface area contributed by atoms with E-state index >= 15 is 0 Å². The smallest absolute Gasteiger partial charge is 0.493 e. The molecule has 0 aliphatic carbocycles. The van der Waals surface area contributed by atoms with E-state index in [0.717, 1.165) is 22.5 Å². The number of phosphoric ester groups is 1. The van der Waals surface area contributed by atoms with Crippen molar-refractivity contribution in [2.75, 3.05) is 52.2 Å². The minimum atomic E-state index is -4.87. The molecule has 0 unspecified atom stereocenters. The first-order chi connectivity index (χ1) is 18.0. The molecule has 0 fully saturated rings. The third-order valence-corrected chi connectivity index (χ3v) is 6.27. The summed E-state index contributed by atoms with van der Waals surface area (Å²) in [5.41, 5.74) is 4.89. The van der Waals surface area contributed by atoms with Gasteiger partial charge in [-0.2, -0.15) is 0 Å². The number of oxazole rings is 1. The largest absolute Gasteiger partial charge is 0.525 e. The minimum Gasteiger partial charge on any atom is -0.493 e. The molecule has 11 heteroatoms. The zero-order chi connectivity index (χ0) is 27.6. The lowest BCUT2D eigenvalue weighted by atomic mass is 10.0. The Morgan fingerprint density at radius 2 is 1.24 bits per heavy atom. The van der Waals surface area contributed by atoms with Crippen molar-refractivity contribution in [3.05, 3.63) is 60.7 Å². The van der Waals surface area contributed by atoms with Crippen molar-refractivity contribution in [1.82, 2.24) is 4.98 Å². The van der Waals surface area contributed by atoms with Gasteiger partial charge in [0.1, 0.15) is 5.69 Å². The molecule has 0 aliphatic heterocycles. The summed E-state index contributed by atoms with van der Waals surface area (Å²) in [5, 5.41) is 0. The summed E-state index contributed by atoms with van der Waals surface area (Å²) >= 11 is 0. The fourth-order valence-corrected chi connectivity index (χ4v) is 4.29. The lowest BCUT2D eigenvalue weighted by Crippen LogP contribution is -2.08. The lowest BCUT2D eigenvalue weighted by Gasteiger charge is -2.15. The van der Waals surface area contributed by atoms with Gasteiger partial charge < -0.3 is 28.2 Å². The predicted molar refractivity (Wildman–Crippen MR) is 147 cm³/mol. The van der Waals surface area contributed by atoms with Crippen LogP contribution in [0.15, 0.2) is 65.1 Å². The van der Waals surface area contributed by atoms with Crippen molar-refractivity contribution in [3.63, 3.8) is 0 Å². The molecule has 200 valence electrons. The molecule has 0 spiro atoms. The molecular weight excluding hydrogens is 509 g/mol. The van der Waals surface area contributed by atoms with Crippen LogP contribution in [0.2, 0.25) is 0 Å². The third-order valence-electron chi connectivity index (χ3n) is 5.85. The highest BCUT2D eigenvalue weighted by Gasteiger charge is 2.26. The SMILES string of the molecule is COc1cc(-c2nc(-c3ccc(N(C)C)cc3)c(-c3ccc(N(C)C)cc3)o2)cc(OC)c1OP(=O)(O)O. The summed E-state index contributed by atoms with van der Waals surface area (Å²) in [6.45, 7) is 0. The normalized spacial score (nSPS) is 11.3. The molecule has 0 amide bonds. The maximum Gasteiger partial charge on any atom is 0.525 e. The maximum absolute atomic E-state index is 11.5. The highest BCUT2D eigenvalue weighted by atomic mass is 31.2. The Balaban J connectivity index is 1.88. The van der Waals surface area contributed by atoms with Crippen molar-refractivity contribution >= 4 is 19.2 Å². The zero-order valence-electron chi connectivity index (χ0n) is 22.0. The van der Waals surface area contributed by atoms with Crippen molar-refractivity contribution in [1.29, 1.82) is 0 Å². The number of aromatic nitrogens is 1. The molecule has 1 aromatic heterocycles. The average molecular weight is 540 g/mol. The molecule has 2 N–H and O–H groups in total. The van der Waals surface area contributed by atoms with Crippen LogP contribution < -0.4 is 23.8 Å². The van der Waals surface area contributed by atoms with Gasteiger partial charge in [0.15, 0.2) is 17.3 Å². The first-order valence-electron chi connectivity index (χ1n) is 11.6. The monoisotopic (exact) mass is 539 g/mol. The van der Waals surface area contributed by atoms with Crippen molar-refractivity contribution in [3.8, 4) is 51.3 Å². The first-order valence-corrected chi connectivity index (χ1v) is 13.1. The molecule has 0 bridgehead atoms. The van der Waals surface area contributed by atoms with Crippen LogP contribution in [0.4, 0.5) is 11.4 Å². The molecule has 0 radical (unpaired) electrons. The molecule has 0 saturated carbocycles. The van der Waals surface area contributed by atoms with E-state index < -0.39 is 7.82 Å². The van der Waals surface area contributed by atoms with Gasteiger partial charge in [-0.05, 0) is 48.5 Å². The van der Waals surface area contributed by atoms with E-state index in [1.807, 2.05) is 86.5 Å². The van der Waals surface area contributed by atoms with Gasteiger partial charge in [0, 0.05) is 56.3 Å². The van der Waals surface area contributed by atoms with Gasteiger partial charge in [-0.3, -0.25) is 9.79 Å². The Morgan fingerprint density at radius 3 is 1.66 bits per heavy atom. The number of ether oxygens (including phenoxy) is 2. The second kappa shape index (κ2) is 10.8. The van der Waals surface area contributed by atoms with Crippen molar-refractivity contribution < 1.29 is 32.8 Å². The predicted octanol–water partition coefficient (Wildman–Crippen LogP) is 5.30. The quantitative estimate of drug-likeness (QED) is 0.272. The van der Waals surface area contributed by atoms with Crippen LogP contribution in [0, 0.1) is 0 Å². The molecule has 1 heterocycles. The Morgan fingerprint density at radius 1 is 0.763 bits per heavy atom. The standard InChI is InChI=1S/C27H30N3O7P/c1-29(2)20-11-7-17(8-12-20)24-25(18-9-13-21(14-10-18)30(3)4)36-27(28-24)19-15-22(34-5)26(23(16-19)35-6)37-38(31,32)33/h7-16H,1-6H3,(H2,31,32,33). The van der Waals surface area contributed by atoms with E-state index in [1.165, 1.54) is 26.4 Å². The number of nitrogens with zero attached hydrogens (tertiary/aromatic N) is 3. The second-order valence-electron chi connectivity index (χ2n) is 8.87. The van der Waals surface area contributed by atoms with Crippen LogP contribution >= 0.6 is 7.82 Å². The van der Waals surface area contributed by atoms with Crippen LogP contribution in [-0.2, 0) is 4.57 Å². The van der Waals surface area contributed by atoms with Gasteiger partial charge in [-0.15, -0.1) is 0 Å². The van der Waals surface area contributed by atoms with Crippen molar-refractivity contribution in [2.24, 2.45) is 0 Å². The Hall–Kier alpha value is -3.98. The summed E-state index contributed by atoms with van der Waals surface area (Å²) < 4.78 is 33.3. The molecular formula is C27H30N3O7P. The molecule has 0 atom stereocenters. The van der Waals surface area contributed by atoms with Crippen LogP contribution in [-0.4, -0.2) is 57.2 Å². The van der Waals surface area contributed by atoms with Gasteiger partial charge in [-0.25, -0.2) is 9.55 Å². The summed E-state index contributed by atoms with van der Waals surface area (Å²) in [6.07, 6.45) is 0. The number of rotatable bonds is 9. The van der Waals surface area contributed by atoms with Gasteiger partial charge >= 0.3 is 7.82 Å². The third kappa shape index (κ3) is 5.78. The fraction of sp³-hybridized carbons (Fsp3) is 0.222. The average Bonchev–Trinajstić information content (AvgIpc) is 3.33. The number of hydrogen-bond acceptors (Lipinski definition) is 8. The van der Waals surface area contributed by atoms with Crippen molar-refractivity contribution in [2.45, 2.75) is 0 Å². The topological polar surface area (TPSA) is 118 Å². The van der Waals surface area contributed by atoms with E-state index in [9.17, 15) is 14.4 Å². The number of methoxy groups -OCH3 is 2. The highest BCUT2D eigenvalue weighted by molar-refractivity contribution is 7.46. The molecule has 4 rings (SSSR count). The summed E-state index contributed by atoms with van der Waals surface area (Å²) in [5.74, 6) is 0.709. The Kier molecular flexibility index (Phi) is 7.68. The van der Waals surface area contributed by atoms with Crippen LogP contribution in [0.1, 0.15) is 0 Å². The van der Waals surface area contributed by atoms with E-state index in [1.54, 1.807) is 0 Å². The number of hydrogen-bond donors (Lipinski definition) is 2. The highest BCUT2D eigenvalue weighted by Crippen LogP contribution is 2.49. The van der Waals surface area contributed by atoms with Gasteiger partial charge in [0.2, 0.25) is 11.6 Å². The molecule has 4 aromatic rings. The summed E-state index contributed by atoms with van der Waals surface area (Å²) in [7, 11) is 5.74. The minimum absolute atomic E-state index is 0.0506. The second-order valence-corrected chi connectivity index (χ2v) is 10.0. The van der Waals surface area contributed by atoms with Gasteiger partial charge in [0.25, 0.3) is 0 Å². The molecule has 38 heavy (non-hydrogen) atoms. The lowest BCUT2D eigenvalue weighted by molar-refractivity contribution is 0.269. The number of phosphoric acid groups is 1. The Labute approximate surface area is 221 Å². The van der Waals surface area contributed by atoms with Crippen LogP contribution in [0.25, 0.3) is 34.0 Å². The fourth-order valence-electron chi connectivity index (χ4n) is 3.88. The van der Waals surface area contributed by atoms with Gasteiger partial charge in [0.05, 0.1) is 14.2 Å². The summed E-state index contributed by atoms with van der Waals surface area (Å²) in [4.78, 5) is 27.5. The van der Waals surface area contributed by atoms with E-state index in [4.69, 9.17) is 23.4 Å². The number of benzene rings is 3. The molecule has 3 aromatic carbocycles. The molecule has 0 saturated heterocycles. The first kappa shape index (κ1) is 27.1. The van der Waals surface area contributed by atoms with E-state index in [0.29, 0.717) is 17.0 Å². The maximum atomic E-state index is 11.5. The van der Waals surface area contributed by atoms with E-state index in [-0.39, 0.29) is 23.1 Å². The zero-order valence-corrected chi connectivity index (χ0v) is 22.9. The summed E-state index contributed by atoms with van der Waals surface area (Å²) in [6, 6.07) is 18.9. The van der Waals surface area contributed by atoms with Crippen LogP contribution in [0.5, 0.6) is 17.2 Å². The molecule has 0 aliphatic rings. The molecule has 10 nitrogen and oxygen atoms in total. The Bertz CT molecular complexity index is 1370. The van der Waals surface area contributed by atoms with Gasteiger partial charge in [-0.1, -0.05) is 12.1 Å². The van der Waals surface area contributed by atoms with E-state index in [2.05, 4.69) is 0 Å². The van der Waals surface area contributed by atoms with Crippen LogP contribution in [0.3, 0.4) is 0 Å². The number of anilines is 2.